The number of rotatable bonds is 4. The van der Waals surface area contributed by atoms with Gasteiger partial charge in [0.1, 0.15) is 22.4 Å². The van der Waals surface area contributed by atoms with Crippen LogP contribution in [0.3, 0.4) is 0 Å². The molecule has 0 spiro atoms. The first-order chi connectivity index (χ1) is 12.5. The number of pyridine rings is 1. The van der Waals surface area contributed by atoms with Crippen LogP contribution >= 0.6 is 23.2 Å². The molecule has 1 aromatic heterocycles. The smallest absolute Gasteiger partial charge is 0.282 e. The summed E-state index contributed by atoms with van der Waals surface area (Å²) in [5.41, 5.74) is -0.287. The Bertz CT molecular complexity index is 847. The molecule has 0 saturated carbocycles. The quantitative estimate of drug-likeness (QED) is 0.577. The van der Waals surface area contributed by atoms with Crippen molar-refractivity contribution < 1.29 is 14.5 Å². The summed E-state index contributed by atoms with van der Waals surface area (Å²) in [5, 5.41) is 11.9. The number of nitrogens with zero attached hydrogens (tertiary/aromatic N) is 3. The zero-order valence-corrected chi connectivity index (χ0v) is 15.1. The Kier molecular flexibility index (Phi) is 5.58. The van der Waals surface area contributed by atoms with Crippen LogP contribution in [0.15, 0.2) is 36.7 Å². The molecule has 2 heterocycles. The van der Waals surface area contributed by atoms with Crippen molar-refractivity contribution in [3.05, 3.63) is 62.4 Å². The fourth-order valence-electron chi connectivity index (χ4n) is 2.87. The van der Waals surface area contributed by atoms with Gasteiger partial charge >= 0.3 is 0 Å². The number of aromatic nitrogens is 1. The SMILES string of the molecule is O=C(c1cc(Cl)ccc1[N+](=O)[O-])N1CCCC(Oc2ccncc2Cl)C1. The van der Waals surface area contributed by atoms with Crippen LogP contribution < -0.4 is 4.74 Å². The Morgan fingerprint density at radius 1 is 1.35 bits per heavy atom. The third-order valence-electron chi connectivity index (χ3n) is 4.08. The van der Waals surface area contributed by atoms with Gasteiger partial charge in [0.15, 0.2) is 0 Å². The number of halogens is 2. The fourth-order valence-corrected chi connectivity index (χ4v) is 3.20. The lowest BCUT2D eigenvalue weighted by molar-refractivity contribution is -0.385. The molecule has 0 N–H and O–H groups in total. The van der Waals surface area contributed by atoms with E-state index in [1.54, 1.807) is 17.2 Å². The minimum Gasteiger partial charge on any atom is -0.487 e. The van der Waals surface area contributed by atoms with Crippen molar-refractivity contribution in [1.29, 1.82) is 0 Å². The maximum atomic E-state index is 12.8. The zero-order valence-electron chi connectivity index (χ0n) is 13.6. The van der Waals surface area contributed by atoms with Crippen LogP contribution in [0.1, 0.15) is 23.2 Å². The molecule has 9 heteroatoms. The summed E-state index contributed by atoms with van der Waals surface area (Å²) >= 11 is 12.0. The molecule has 1 amide bonds. The topological polar surface area (TPSA) is 85.6 Å². The Hall–Kier alpha value is -2.38. The van der Waals surface area contributed by atoms with Gasteiger partial charge in [0.2, 0.25) is 0 Å². The summed E-state index contributed by atoms with van der Waals surface area (Å²) in [6.07, 6.45) is 4.26. The van der Waals surface area contributed by atoms with Gasteiger partial charge in [0.05, 0.1) is 11.5 Å². The van der Waals surface area contributed by atoms with E-state index < -0.39 is 10.8 Å². The Balaban J connectivity index is 1.77. The van der Waals surface area contributed by atoms with Crippen LogP contribution in [0, 0.1) is 10.1 Å². The van der Waals surface area contributed by atoms with Gasteiger partial charge in [0, 0.05) is 36.1 Å². The van der Waals surface area contributed by atoms with Crippen LogP contribution in [0.25, 0.3) is 0 Å². The summed E-state index contributed by atoms with van der Waals surface area (Å²) in [7, 11) is 0. The largest absolute Gasteiger partial charge is 0.487 e. The molecule has 3 rings (SSSR count). The van der Waals surface area contributed by atoms with Crippen molar-refractivity contribution >= 4 is 34.8 Å². The number of nitro benzene ring substituents is 1. The van der Waals surface area contributed by atoms with Crippen LogP contribution in [0.5, 0.6) is 5.75 Å². The molecule has 0 bridgehead atoms. The van der Waals surface area contributed by atoms with Gasteiger partial charge in [-0.05, 0) is 25.0 Å². The lowest BCUT2D eigenvalue weighted by atomic mass is 10.1. The second-order valence-corrected chi connectivity index (χ2v) is 6.70. The first kappa shape index (κ1) is 18.4. The average molecular weight is 396 g/mol. The number of carbonyl (C=O) groups is 1. The number of ether oxygens (including phenoxy) is 1. The first-order valence-electron chi connectivity index (χ1n) is 7.95. The van der Waals surface area contributed by atoms with Crippen molar-refractivity contribution in [2.24, 2.45) is 0 Å². The highest BCUT2D eigenvalue weighted by molar-refractivity contribution is 6.32. The van der Waals surface area contributed by atoms with E-state index >= 15 is 0 Å². The predicted molar refractivity (Wildman–Crippen MR) is 96.9 cm³/mol. The lowest BCUT2D eigenvalue weighted by Crippen LogP contribution is -2.44. The Labute approximate surface area is 159 Å². The van der Waals surface area contributed by atoms with Gasteiger partial charge < -0.3 is 9.64 Å². The average Bonchev–Trinajstić information content (AvgIpc) is 2.63. The van der Waals surface area contributed by atoms with E-state index in [1.807, 2.05) is 0 Å². The molecule has 1 unspecified atom stereocenters. The number of nitro groups is 1. The van der Waals surface area contributed by atoms with Gasteiger partial charge in [0.25, 0.3) is 11.6 Å². The van der Waals surface area contributed by atoms with E-state index in [2.05, 4.69) is 4.98 Å². The third-order valence-corrected chi connectivity index (χ3v) is 4.60. The van der Waals surface area contributed by atoms with Gasteiger partial charge in [-0.2, -0.15) is 0 Å². The number of hydrogen-bond acceptors (Lipinski definition) is 5. The number of likely N-dealkylation sites (tertiary alicyclic amines) is 1. The van der Waals surface area contributed by atoms with Gasteiger partial charge in [-0.3, -0.25) is 19.9 Å². The molecular weight excluding hydrogens is 381 g/mol. The normalized spacial score (nSPS) is 17.0. The summed E-state index contributed by atoms with van der Waals surface area (Å²) in [5.74, 6) is 0.0584. The Morgan fingerprint density at radius 3 is 2.88 bits per heavy atom. The minimum absolute atomic E-state index is 0.0231. The van der Waals surface area contributed by atoms with E-state index in [-0.39, 0.29) is 22.4 Å². The van der Waals surface area contributed by atoms with Crippen LogP contribution in [0.4, 0.5) is 5.69 Å². The first-order valence-corrected chi connectivity index (χ1v) is 8.70. The minimum atomic E-state index is -0.585. The lowest BCUT2D eigenvalue weighted by Gasteiger charge is -2.33. The van der Waals surface area contributed by atoms with Gasteiger partial charge in [-0.15, -0.1) is 0 Å². The fraction of sp³-hybridized carbons (Fsp3) is 0.294. The molecule has 1 fully saturated rings. The molecule has 0 radical (unpaired) electrons. The molecule has 7 nitrogen and oxygen atoms in total. The molecule has 1 saturated heterocycles. The van der Waals surface area contributed by atoms with Gasteiger partial charge in [-0.1, -0.05) is 23.2 Å². The standard InChI is InChI=1S/C17H15Cl2N3O4/c18-11-3-4-15(22(24)25)13(8-11)17(23)21-7-1-2-12(10-21)26-16-5-6-20-9-14(16)19/h3-6,8-9,12H,1-2,7,10H2. The van der Waals surface area contributed by atoms with Crippen molar-refractivity contribution in [1.82, 2.24) is 9.88 Å². The molecule has 1 aliphatic heterocycles. The summed E-state index contributed by atoms with van der Waals surface area (Å²) in [6, 6.07) is 5.62. The van der Waals surface area contributed by atoms with E-state index in [9.17, 15) is 14.9 Å². The second kappa shape index (κ2) is 7.88. The monoisotopic (exact) mass is 395 g/mol. The summed E-state index contributed by atoms with van der Waals surface area (Å²) < 4.78 is 5.88. The molecule has 1 aromatic carbocycles. The molecule has 1 aliphatic rings. The number of carbonyl (C=O) groups excluding carboxylic acids is 1. The van der Waals surface area contributed by atoms with Crippen molar-refractivity contribution in [3.63, 3.8) is 0 Å². The number of hydrogen-bond donors (Lipinski definition) is 0. The molecule has 136 valence electrons. The van der Waals surface area contributed by atoms with E-state index in [4.69, 9.17) is 27.9 Å². The van der Waals surface area contributed by atoms with E-state index in [0.717, 1.165) is 6.42 Å². The van der Waals surface area contributed by atoms with Crippen molar-refractivity contribution in [2.75, 3.05) is 13.1 Å². The van der Waals surface area contributed by atoms with Crippen LogP contribution in [0.2, 0.25) is 10.0 Å². The predicted octanol–water partition coefficient (Wildman–Crippen LogP) is 3.98. The number of benzene rings is 1. The molecule has 26 heavy (non-hydrogen) atoms. The number of piperidine rings is 1. The van der Waals surface area contributed by atoms with E-state index in [1.165, 1.54) is 24.4 Å². The van der Waals surface area contributed by atoms with Crippen molar-refractivity contribution in [3.8, 4) is 5.75 Å². The third kappa shape index (κ3) is 4.05. The highest BCUT2D eigenvalue weighted by Gasteiger charge is 2.30. The maximum Gasteiger partial charge on any atom is 0.282 e. The number of amides is 1. The van der Waals surface area contributed by atoms with E-state index in [0.29, 0.717) is 30.3 Å². The molecule has 2 aromatic rings. The van der Waals surface area contributed by atoms with Gasteiger partial charge in [-0.25, -0.2) is 0 Å². The molecule has 0 aliphatic carbocycles. The van der Waals surface area contributed by atoms with Crippen LogP contribution in [-0.2, 0) is 0 Å². The van der Waals surface area contributed by atoms with Crippen LogP contribution in [-0.4, -0.2) is 39.9 Å². The summed E-state index contributed by atoms with van der Waals surface area (Å²) in [6.45, 7) is 0.799. The van der Waals surface area contributed by atoms with Crippen molar-refractivity contribution in [2.45, 2.75) is 18.9 Å². The highest BCUT2D eigenvalue weighted by Crippen LogP contribution is 2.28. The second-order valence-electron chi connectivity index (χ2n) is 5.86. The summed E-state index contributed by atoms with van der Waals surface area (Å²) in [4.78, 5) is 28.9. The molecular formula is C17H15Cl2N3O4. The Morgan fingerprint density at radius 2 is 2.15 bits per heavy atom. The molecule has 1 atom stereocenters. The maximum absolute atomic E-state index is 12.8. The highest BCUT2D eigenvalue weighted by atomic mass is 35.5. The zero-order chi connectivity index (χ0) is 18.7.